The van der Waals surface area contributed by atoms with Crippen LogP contribution in [0.25, 0.3) is 0 Å². The summed E-state index contributed by atoms with van der Waals surface area (Å²) in [6, 6.07) is 16.6. The largest absolute Gasteiger partial charge is 0.434 e. The van der Waals surface area contributed by atoms with Crippen molar-refractivity contribution >= 4 is 17.2 Å². The van der Waals surface area contributed by atoms with Crippen molar-refractivity contribution in [2.24, 2.45) is 0 Å². The molecule has 26 heavy (non-hydrogen) atoms. The Bertz CT molecular complexity index is 898. The molecule has 0 aliphatic carbocycles. The van der Waals surface area contributed by atoms with Gasteiger partial charge in [0.25, 0.3) is 0 Å². The molecule has 0 saturated carbocycles. The Morgan fingerprint density at radius 3 is 2.38 bits per heavy atom. The third-order valence-corrected chi connectivity index (χ3v) is 3.83. The van der Waals surface area contributed by atoms with Crippen LogP contribution in [0.3, 0.4) is 0 Å². The zero-order chi connectivity index (χ0) is 18.5. The second-order valence-corrected chi connectivity index (χ2v) is 5.60. The Morgan fingerprint density at radius 1 is 1.08 bits per heavy atom. The number of aryl methyl sites for hydroxylation is 1. The van der Waals surface area contributed by atoms with E-state index in [2.05, 4.69) is 9.97 Å². The van der Waals surface area contributed by atoms with Crippen LogP contribution in [0, 0.1) is 17.0 Å². The molecule has 0 radical (unpaired) electrons. The molecule has 2 aromatic carbocycles. The van der Waals surface area contributed by atoms with Crippen molar-refractivity contribution < 1.29 is 9.66 Å². The van der Waals surface area contributed by atoms with E-state index in [0.29, 0.717) is 12.3 Å². The van der Waals surface area contributed by atoms with Crippen molar-refractivity contribution in [3.05, 3.63) is 76.6 Å². The van der Waals surface area contributed by atoms with Crippen LogP contribution in [-0.2, 0) is 0 Å². The molecule has 0 N–H and O–H groups in total. The number of para-hydroxylation sites is 1. The summed E-state index contributed by atoms with van der Waals surface area (Å²) in [6.07, 6.45) is 1.28. The molecule has 3 rings (SSSR count). The lowest BCUT2D eigenvalue weighted by atomic mass is 10.2. The van der Waals surface area contributed by atoms with Gasteiger partial charge in [-0.2, -0.15) is 4.98 Å². The molecule has 0 spiro atoms. The summed E-state index contributed by atoms with van der Waals surface area (Å²) in [5.74, 6) is 0.588. The van der Waals surface area contributed by atoms with Crippen molar-refractivity contribution in [2.75, 3.05) is 11.4 Å². The zero-order valence-corrected chi connectivity index (χ0v) is 14.5. The lowest BCUT2D eigenvalue weighted by molar-refractivity contribution is -0.385. The van der Waals surface area contributed by atoms with Crippen molar-refractivity contribution in [2.45, 2.75) is 13.8 Å². The Hall–Kier alpha value is -3.48. The van der Waals surface area contributed by atoms with E-state index in [9.17, 15) is 10.1 Å². The highest BCUT2D eigenvalue weighted by Gasteiger charge is 2.29. The van der Waals surface area contributed by atoms with Crippen LogP contribution in [0.5, 0.6) is 11.6 Å². The standard InChI is InChI=1S/C19H18N4O3/c1-3-22(15-7-5-4-6-8-15)18-17(23(24)25)19(21-13-20-18)26-16-11-9-14(2)10-12-16/h4-13H,3H2,1-2H3. The van der Waals surface area contributed by atoms with Crippen LogP contribution in [0.15, 0.2) is 60.9 Å². The van der Waals surface area contributed by atoms with Crippen LogP contribution in [0.4, 0.5) is 17.2 Å². The zero-order valence-electron chi connectivity index (χ0n) is 14.5. The summed E-state index contributed by atoms with van der Waals surface area (Å²) in [6.45, 7) is 4.36. The number of hydrogen-bond donors (Lipinski definition) is 0. The Balaban J connectivity index is 2.06. The third kappa shape index (κ3) is 3.61. The fourth-order valence-corrected chi connectivity index (χ4v) is 2.57. The Kier molecular flexibility index (Phi) is 5.07. The number of anilines is 2. The van der Waals surface area contributed by atoms with E-state index in [1.165, 1.54) is 6.33 Å². The first-order valence-corrected chi connectivity index (χ1v) is 8.16. The molecule has 0 atom stereocenters. The van der Waals surface area contributed by atoms with Crippen molar-refractivity contribution in [1.29, 1.82) is 0 Å². The molecule has 0 amide bonds. The second kappa shape index (κ2) is 7.60. The molecule has 1 heterocycles. The summed E-state index contributed by atoms with van der Waals surface area (Å²) < 4.78 is 5.68. The molecule has 1 aromatic heterocycles. The third-order valence-electron chi connectivity index (χ3n) is 3.83. The number of benzene rings is 2. The number of ether oxygens (including phenoxy) is 1. The summed E-state index contributed by atoms with van der Waals surface area (Å²) in [5, 5.41) is 11.8. The Labute approximate surface area is 151 Å². The average Bonchev–Trinajstić information content (AvgIpc) is 2.65. The van der Waals surface area contributed by atoms with Gasteiger partial charge in [-0.3, -0.25) is 10.1 Å². The van der Waals surface area contributed by atoms with E-state index < -0.39 is 4.92 Å². The van der Waals surface area contributed by atoms with Gasteiger partial charge < -0.3 is 9.64 Å². The molecule has 3 aromatic rings. The molecule has 0 aliphatic rings. The second-order valence-electron chi connectivity index (χ2n) is 5.60. The van der Waals surface area contributed by atoms with Crippen LogP contribution < -0.4 is 9.64 Å². The minimum Gasteiger partial charge on any atom is -0.434 e. The molecule has 0 aliphatic heterocycles. The maximum Gasteiger partial charge on any atom is 0.373 e. The normalized spacial score (nSPS) is 10.4. The van der Waals surface area contributed by atoms with E-state index in [0.717, 1.165) is 11.3 Å². The molecule has 7 heteroatoms. The van der Waals surface area contributed by atoms with E-state index in [4.69, 9.17) is 4.74 Å². The summed E-state index contributed by atoms with van der Waals surface area (Å²) in [7, 11) is 0. The lowest BCUT2D eigenvalue weighted by Crippen LogP contribution is -2.19. The van der Waals surface area contributed by atoms with Gasteiger partial charge in [0.15, 0.2) is 0 Å². The minimum absolute atomic E-state index is 0.0850. The lowest BCUT2D eigenvalue weighted by Gasteiger charge is -2.21. The predicted octanol–water partition coefficient (Wildman–Crippen LogP) is 4.64. The van der Waals surface area contributed by atoms with Gasteiger partial charge in [0.2, 0.25) is 5.82 Å². The van der Waals surface area contributed by atoms with E-state index in [1.807, 2.05) is 56.3 Å². The van der Waals surface area contributed by atoms with Crippen molar-refractivity contribution in [3.63, 3.8) is 0 Å². The van der Waals surface area contributed by atoms with Gasteiger partial charge in [-0.15, -0.1) is 0 Å². The van der Waals surface area contributed by atoms with E-state index in [-0.39, 0.29) is 17.4 Å². The van der Waals surface area contributed by atoms with Gasteiger partial charge >= 0.3 is 11.6 Å². The number of hydrogen-bond acceptors (Lipinski definition) is 6. The molecule has 0 bridgehead atoms. The molecule has 0 saturated heterocycles. The van der Waals surface area contributed by atoms with Gasteiger partial charge in [-0.05, 0) is 38.1 Å². The average molecular weight is 350 g/mol. The van der Waals surface area contributed by atoms with Crippen LogP contribution in [0.2, 0.25) is 0 Å². The quantitative estimate of drug-likeness (QED) is 0.476. The smallest absolute Gasteiger partial charge is 0.373 e. The summed E-state index contributed by atoms with van der Waals surface area (Å²) in [5.41, 5.74) is 1.60. The summed E-state index contributed by atoms with van der Waals surface area (Å²) >= 11 is 0. The highest BCUT2D eigenvalue weighted by molar-refractivity contribution is 5.71. The van der Waals surface area contributed by atoms with Crippen molar-refractivity contribution in [1.82, 2.24) is 9.97 Å². The first kappa shape index (κ1) is 17.3. The number of aromatic nitrogens is 2. The number of rotatable bonds is 6. The predicted molar refractivity (Wildman–Crippen MR) is 99.1 cm³/mol. The highest BCUT2D eigenvalue weighted by Crippen LogP contribution is 2.38. The summed E-state index contributed by atoms with van der Waals surface area (Å²) in [4.78, 5) is 21.1. The monoisotopic (exact) mass is 350 g/mol. The molecular weight excluding hydrogens is 332 g/mol. The number of nitro groups is 1. The van der Waals surface area contributed by atoms with Gasteiger partial charge in [-0.1, -0.05) is 35.9 Å². The molecule has 7 nitrogen and oxygen atoms in total. The Morgan fingerprint density at radius 2 is 1.77 bits per heavy atom. The fourth-order valence-electron chi connectivity index (χ4n) is 2.57. The van der Waals surface area contributed by atoms with Gasteiger partial charge in [0.05, 0.1) is 4.92 Å². The van der Waals surface area contributed by atoms with Gasteiger partial charge in [0.1, 0.15) is 12.1 Å². The molecule has 132 valence electrons. The molecular formula is C19H18N4O3. The van der Waals surface area contributed by atoms with Crippen LogP contribution in [0.1, 0.15) is 12.5 Å². The highest BCUT2D eigenvalue weighted by atomic mass is 16.6. The van der Waals surface area contributed by atoms with Crippen LogP contribution in [-0.4, -0.2) is 21.4 Å². The molecule has 0 unspecified atom stereocenters. The minimum atomic E-state index is -0.509. The topological polar surface area (TPSA) is 81.4 Å². The van der Waals surface area contributed by atoms with Gasteiger partial charge in [-0.25, -0.2) is 4.98 Å². The first-order chi connectivity index (χ1) is 12.6. The maximum absolute atomic E-state index is 11.8. The first-order valence-electron chi connectivity index (χ1n) is 8.16. The van der Waals surface area contributed by atoms with E-state index in [1.54, 1.807) is 17.0 Å². The van der Waals surface area contributed by atoms with Crippen LogP contribution >= 0.6 is 0 Å². The number of nitrogens with zero attached hydrogens (tertiary/aromatic N) is 4. The fraction of sp³-hybridized carbons (Fsp3) is 0.158. The SMILES string of the molecule is CCN(c1ccccc1)c1ncnc(Oc2ccc(C)cc2)c1[N+](=O)[O-]. The van der Waals surface area contributed by atoms with E-state index >= 15 is 0 Å². The maximum atomic E-state index is 11.8. The van der Waals surface area contributed by atoms with Gasteiger partial charge in [0, 0.05) is 12.2 Å². The molecule has 0 fully saturated rings. The van der Waals surface area contributed by atoms with Crippen molar-refractivity contribution in [3.8, 4) is 11.6 Å².